The van der Waals surface area contributed by atoms with Crippen LogP contribution in [0.5, 0.6) is 0 Å². The van der Waals surface area contributed by atoms with E-state index < -0.39 is 17.3 Å². The summed E-state index contributed by atoms with van der Waals surface area (Å²) in [7, 11) is 0. The average molecular weight is 443 g/mol. The molecule has 1 heterocycles. The molecule has 8 heteroatoms. The van der Waals surface area contributed by atoms with E-state index >= 15 is 0 Å². The van der Waals surface area contributed by atoms with Gasteiger partial charge in [0.2, 0.25) is 5.91 Å². The van der Waals surface area contributed by atoms with Gasteiger partial charge in [0.1, 0.15) is 0 Å². The molecular weight excluding hydrogens is 419 g/mol. The zero-order chi connectivity index (χ0) is 23.5. The highest BCUT2D eigenvalue weighted by molar-refractivity contribution is 5.91. The number of alkyl halides is 3. The first-order chi connectivity index (χ1) is 15.1. The fourth-order valence-electron chi connectivity index (χ4n) is 3.49. The molecule has 3 rings (SSSR count). The number of nitrogens with zero attached hydrogens (tertiary/aromatic N) is 2. The maximum Gasteiger partial charge on any atom is 0.416 e. The molecule has 0 aliphatic heterocycles. The van der Waals surface area contributed by atoms with Crippen LogP contribution in [0.3, 0.4) is 0 Å². The Kier molecular flexibility index (Phi) is 6.81. The van der Waals surface area contributed by atoms with Gasteiger partial charge in [-0.05, 0) is 62.2 Å². The molecule has 0 radical (unpaired) electrons. The van der Waals surface area contributed by atoms with E-state index in [2.05, 4.69) is 10.4 Å². The number of hydrogen-bond acceptors (Lipinski definition) is 3. The second-order valence-corrected chi connectivity index (χ2v) is 7.58. The predicted molar refractivity (Wildman–Crippen MR) is 118 cm³/mol. The van der Waals surface area contributed by atoms with Crippen molar-refractivity contribution in [3.05, 3.63) is 75.7 Å². The third kappa shape index (κ3) is 5.07. The normalized spacial score (nSPS) is 11.4. The Bertz CT molecular complexity index is 1180. The van der Waals surface area contributed by atoms with E-state index in [-0.39, 0.29) is 11.6 Å². The van der Waals surface area contributed by atoms with Crippen LogP contribution in [0.25, 0.3) is 16.8 Å². The first-order valence-electron chi connectivity index (χ1n) is 10.3. The van der Waals surface area contributed by atoms with Gasteiger partial charge in [-0.15, -0.1) is 0 Å². The molecule has 0 aliphatic rings. The molecule has 0 spiro atoms. The first kappa shape index (κ1) is 23.2. The molecule has 2 aromatic carbocycles. The summed E-state index contributed by atoms with van der Waals surface area (Å²) in [4.78, 5) is 25.0. The van der Waals surface area contributed by atoms with E-state index in [9.17, 15) is 22.8 Å². The lowest BCUT2D eigenvalue weighted by atomic mass is 10.00. The molecule has 168 valence electrons. The minimum absolute atomic E-state index is 0.0757. The van der Waals surface area contributed by atoms with Crippen molar-refractivity contribution in [1.82, 2.24) is 9.78 Å². The van der Waals surface area contributed by atoms with Gasteiger partial charge >= 0.3 is 6.18 Å². The van der Waals surface area contributed by atoms with Crippen molar-refractivity contribution in [2.75, 3.05) is 5.32 Å². The molecule has 0 aliphatic carbocycles. The number of hydrogen-bond donors (Lipinski definition) is 1. The number of rotatable bonds is 6. The largest absolute Gasteiger partial charge is 0.416 e. The van der Waals surface area contributed by atoms with E-state index in [1.54, 1.807) is 32.0 Å². The summed E-state index contributed by atoms with van der Waals surface area (Å²) in [5.41, 5.74) is 1.94. The lowest BCUT2D eigenvalue weighted by Crippen LogP contribution is -2.25. The standard InChI is InChI=1S/C24H24F3N3O2/c1-4-5-9-21(31)28-19-8-6-7-17(14-19)22-15(2)23(32)30(29-16(22)3)20-12-10-18(11-13-20)24(25,26)27/h6-8,10-14H,4-5,9H2,1-3H3,(H,28,31). The van der Waals surface area contributed by atoms with Crippen LogP contribution in [0.2, 0.25) is 0 Å². The monoisotopic (exact) mass is 443 g/mol. The third-order valence-electron chi connectivity index (χ3n) is 5.13. The van der Waals surface area contributed by atoms with Gasteiger partial charge in [-0.25, -0.2) is 0 Å². The third-order valence-corrected chi connectivity index (χ3v) is 5.13. The number of unbranched alkanes of at least 4 members (excludes halogenated alkanes) is 1. The van der Waals surface area contributed by atoms with Gasteiger partial charge in [-0.3, -0.25) is 9.59 Å². The van der Waals surface area contributed by atoms with E-state index in [1.807, 2.05) is 13.0 Å². The predicted octanol–water partition coefficient (Wildman–Crippen LogP) is 5.66. The number of aromatic nitrogens is 2. The van der Waals surface area contributed by atoms with E-state index in [4.69, 9.17) is 0 Å². The Morgan fingerprint density at radius 2 is 1.78 bits per heavy atom. The van der Waals surface area contributed by atoms with Gasteiger partial charge < -0.3 is 5.32 Å². The summed E-state index contributed by atoms with van der Waals surface area (Å²) >= 11 is 0. The highest BCUT2D eigenvalue weighted by atomic mass is 19.4. The fraction of sp³-hybridized carbons (Fsp3) is 0.292. The van der Waals surface area contributed by atoms with Crippen molar-refractivity contribution in [3.63, 3.8) is 0 Å². The van der Waals surface area contributed by atoms with Crippen LogP contribution in [-0.4, -0.2) is 15.7 Å². The van der Waals surface area contributed by atoms with Crippen molar-refractivity contribution >= 4 is 11.6 Å². The van der Waals surface area contributed by atoms with Crippen LogP contribution in [0.1, 0.15) is 43.0 Å². The van der Waals surface area contributed by atoms with Gasteiger partial charge in [0.15, 0.2) is 0 Å². The number of benzene rings is 2. The molecule has 1 N–H and O–H groups in total. The van der Waals surface area contributed by atoms with Crippen LogP contribution in [0, 0.1) is 13.8 Å². The van der Waals surface area contributed by atoms with Crippen LogP contribution >= 0.6 is 0 Å². The molecule has 0 bridgehead atoms. The molecule has 0 saturated carbocycles. The first-order valence-corrected chi connectivity index (χ1v) is 10.3. The van der Waals surface area contributed by atoms with Gasteiger partial charge in [0, 0.05) is 23.2 Å². The Balaban J connectivity index is 1.97. The maximum absolute atomic E-state index is 13.0. The molecule has 5 nitrogen and oxygen atoms in total. The minimum Gasteiger partial charge on any atom is -0.326 e. The quantitative estimate of drug-likeness (QED) is 0.534. The van der Waals surface area contributed by atoms with Crippen molar-refractivity contribution in [1.29, 1.82) is 0 Å². The number of anilines is 1. The number of aryl methyl sites for hydroxylation is 1. The van der Waals surface area contributed by atoms with Gasteiger partial charge in [-0.1, -0.05) is 25.5 Å². The van der Waals surface area contributed by atoms with Gasteiger partial charge in [0.25, 0.3) is 5.56 Å². The maximum atomic E-state index is 13.0. The Labute approximate surface area is 183 Å². The number of nitrogens with one attached hydrogen (secondary N) is 1. The highest BCUT2D eigenvalue weighted by Gasteiger charge is 2.30. The highest BCUT2D eigenvalue weighted by Crippen LogP contribution is 2.30. The summed E-state index contributed by atoms with van der Waals surface area (Å²) in [6.07, 6.45) is -2.30. The van der Waals surface area contributed by atoms with Crippen molar-refractivity contribution < 1.29 is 18.0 Å². The van der Waals surface area contributed by atoms with Crippen LogP contribution in [-0.2, 0) is 11.0 Å². The summed E-state index contributed by atoms with van der Waals surface area (Å²) in [5, 5.41) is 7.20. The van der Waals surface area contributed by atoms with Crippen molar-refractivity contribution in [2.24, 2.45) is 0 Å². The Morgan fingerprint density at radius 1 is 1.09 bits per heavy atom. The van der Waals surface area contributed by atoms with E-state index in [0.29, 0.717) is 28.9 Å². The van der Waals surface area contributed by atoms with Crippen molar-refractivity contribution in [3.8, 4) is 16.8 Å². The second kappa shape index (κ2) is 9.38. The Hall–Kier alpha value is -3.42. The van der Waals surface area contributed by atoms with Gasteiger partial charge in [-0.2, -0.15) is 23.0 Å². The lowest BCUT2D eigenvalue weighted by Gasteiger charge is -2.15. The molecule has 0 saturated heterocycles. The molecule has 0 fully saturated rings. The topological polar surface area (TPSA) is 64.0 Å². The lowest BCUT2D eigenvalue weighted by molar-refractivity contribution is -0.137. The smallest absolute Gasteiger partial charge is 0.326 e. The number of carbonyl (C=O) groups is 1. The van der Waals surface area contributed by atoms with Crippen LogP contribution in [0.15, 0.2) is 53.3 Å². The molecule has 3 aromatic rings. The summed E-state index contributed by atoms with van der Waals surface area (Å²) in [6.45, 7) is 5.40. The molecule has 32 heavy (non-hydrogen) atoms. The van der Waals surface area contributed by atoms with Gasteiger partial charge in [0.05, 0.1) is 16.9 Å². The number of carbonyl (C=O) groups excluding carboxylic acids is 1. The Morgan fingerprint density at radius 3 is 2.41 bits per heavy atom. The average Bonchev–Trinajstić information content (AvgIpc) is 2.74. The molecule has 0 unspecified atom stereocenters. The number of halogens is 3. The minimum atomic E-state index is -4.45. The van der Waals surface area contributed by atoms with E-state index in [1.165, 1.54) is 12.1 Å². The zero-order valence-corrected chi connectivity index (χ0v) is 18.1. The summed E-state index contributed by atoms with van der Waals surface area (Å²) in [6, 6.07) is 11.5. The van der Waals surface area contributed by atoms with Crippen molar-refractivity contribution in [2.45, 2.75) is 46.2 Å². The van der Waals surface area contributed by atoms with Crippen LogP contribution < -0.4 is 10.9 Å². The summed E-state index contributed by atoms with van der Waals surface area (Å²) < 4.78 is 39.6. The molecule has 1 amide bonds. The second-order valence-electron chi connectivity index (χ2n) is 7.58. The SMILES string of the molecule is CCCCC(=O)Nc1cccc(-c2c(C)nn(-c3ccc(C(F)(F)F)cc3)c(=O)c2C)c1. The fourth-order valence-corrected chi connectivity index (χ4v) is 3.49. The molecule has 1 aromatic heterocycles. The summed E-state index contributed by atoms with van der Waals surface area (Å²) in [5.74, 6) is -0.0757. The number of amides is 1. The zero-order valence-electron chi connectivity index (χ0n) is 18.1. The van der Waals surface area contributed by atoms with E-state index in [0.717, 1.165) is 35.2 Å². The molecule has 0 atom stereocenters. The van der Waals surface area contributed by atoms with Crippen LogP contribution in [0.4, 0.5) is 18.9 Å². The molecular formula is C24H24F3N3O2.